The Labute approximate surface area is 350 Å². The van der Waals surface area contributed by atoms with Gasteiger partial charge in [0, 0.05) is 60.1 Å². The van der Waals surface area contributed by atoms with Crippen LogP contribution in [0.2, 0.25) is 0 Å². The second kappa shape index (κ2) is 18.5. The van der Waals surface area contributed by atoms with Crippen LogP contribution in [0.15, 0.2) is 66.9 Å². The molecule has 1 saturated carbocycles. The maximum atomic E-state index is 14.1. The minimum atomic E-state index is -2.68. The number of ketones is 1. The number of fused-ring (bicyclic) bond motifs is 2. The zero-order valence-corrected chi connectivity index (χ0v) is 33.6. The van der Waals surface area contributed by atoms with Crippen LogP contribution in [0.3, 0.4) is 0 Å². The monoisotopic (exact) mass is 838 g/mol. The maximum Gasteiger partial charge on any atom is 0.266 e. The lowest BCUT2D eigenvalue weighted by Gasteiger charge is -2.29. The van der Waals surface area contributed by atoms with E-state index in [1.54, 1.807) is 18.2 Å². The first-order chi connectivity index (χ1) is 29.3. The lowest BCUT2D eigenvalue weighted by atomic mass is 9.92. The Hall–Kier alpha value is -6.29. The molecule has 0 radical (unpaired) electrons. The zero-order chi connectivity index (χ0) is 43.3. The maximum absolute atomic E-state index is 14.1. The summed E-state index contributed by atoms with van der Waals surface area (Å²) in [6.07, 6.45) is 6.67. The molecular formula is C45H48F2N6O8. The number of nitrogens with one attached hydrogen (secondary N) is 3. The van der Waals surface area contributed by atoms with E-state index in [1.807, 2.05) is 35.0 Å². The van der Waals surface area contributed by atoms with Crippen LogP contribution in [-0.4, -0.2) is 82.4 Å². The van der Waals surface area contributed by atoms with Crippen molar-refractivity contribution < 1.29 is 47.1 Å². The third-order valence-corrected chi connectivity index (χ3v) is 11.6. The first-order valence-electron chi connectivity index (χ1n) is 20.7. The number of hydrogen-bond donors (Lipinski definition) is 4. The third kappa shape index (κ3) is 9.86. The van der Waals surface area contributed by atoms with Crippen molar-refractivity contribution in [1.29, 1.82) is 0 Å². The number of aromatic nitrogens is 1. The van der Waals surface area contributed by atoms with Gasteiger partial charge in [-0.15, -0.1) is 0 Å². The minimum Gasteiger partial charge on any atom is -0.485 e. The standard InChI is InChI=1S/C45H48F2N6O8/c46-45(47)19-17-30(18-20-45)52-25-34(27-8-6-9-28(22-27)41(48)57)32-14-13-29(23-36(32)52)50-38(55)12-4-2-1-3-5-21-49-24-31(54)26-61-37-11-7-10-33-40(37)44(60)53(43(33)59)35-15-16-39(56)51-42(35)58/h6-11,13-14,22-23,25,30,35,49H,1-5,12,15-21,24,26H2,(H2,48,57)(H,50,55)(H,51,56,58). The van der Waals surface area contributed by atoms with Crippen molar-refractivity contribution in [3.05, 3.63) is 83.6 Å². The molecule has 3 aliphatic rings. The number of unbranched alkanes of at least 4 members (excludes halogenated alkanes) is 4. The number of carbonyl (C=O) groups excluding carboxylic acids is 7. The van der Waals surface area contributed by atoms with Crippen LogP contribution in [0.1, 0.15) is 114 Å². The van der Waals surface area contributed by atoms with Crippen molar-refractivity contribution in [2.24, 2.45) is 5.73 Å². The molecule has 1 atom stereocenters. The molecule has 1 unspecified atom stereocenters. The van der Waals surface area contributed by atoms with Gasteiger partial charge in [0.15, 0.2) is 5.78 Å². The molecular weight excluding hydrogens is 791 g/mol. The molecule has 2 fully saturated rings. The molecule has 0 bridgehead atoms. The lowest BCUT2D eigenvalue weighted by Crippen LogP contribution is -2.54. The Morgan fingerprint density at radius 1 is 0.869 bits per heavy atom. The number of nitrogens with two attached hydrogens (primary N) is 1. The molecule has 7 rings (SSSR count). The summed E-state index contributed by atoms with van der Waals surface area (Å²) < 4.78 is 35.8. The Morgan fingerprint density at radius 3 is 2.39 bits per heavy atom. The third-order valence-electron chi connectivity index (χ3n) is 11.6. The number of imide groups is 2. The van der Waals surface area contributed by atoms with Crippen LogP contribution in [0.5, 0.6) is 5.75 Å². The van der Waals surface area contributed by atoms with Crippen LogP contribution < -0.4 is 26.4 Å². The number of primary amides is 1. The molecule has 14 nitrogen and oxygen atoms in total. The number of piperidine rings is 1. The van der Waals surface area contributed by atoms with Gasteiger partial charge < -0.3 is 25.7 Å². The van der Waals surface area contributed by atoms with Crippen LogP contribution in [-0.2, 0) is 19.2 Å². The summed E-state index contributed by atoms with van der Waals surface area (Å²) in [6.45, 7) is 0.302. The van der Waals surface area contributed by atoms with Gasteiger partial charge >= 0.3 is 0 Å². The second-order valence-electron chi connectivity index (χ2n) is 15.9. The Balaban J connectivity index is 0.824. The predicted molar refractivity (Wildman–Crippen MR) is 221 cm³/mol. The van der Waals surface area contributed by atoms with E-state index >= 15 is 0 Å². The SMILES string of the molecule is NC(=O)c1cccc(-c2cn(C3CCC(F)(F)CC3)c3cc(NC(=O)CCCCCCCNCC(=O)COc4cccc5c4C(=O)N(C4CCC(=O)NC4=O)C5=O)ccc23)c1. The summed E-state index contributed by atoms with van der Waals surface area (Å²) in [4.78, 5) is 88.4. The van der Waals surface area contributed by atoms with Gasteiger partial charge in [-0.25, -0.2) is 8.78 Å². The quantitative estimate of drug-likeness (QED) is 0.0678. The normalized spacial score (nSPS) is 17.7. The average molecular weight is 839 g/mol. The van der Waals surface area contributed by atoms with E-state index in [9.17, 15) is 42.3 Å². The van der Waals surface area contributed by atoms with Gasteiger partial charge in [-0.2, -0.15) is 0 Å². The van der Waals surface area contributed by atoms with Crippen LogP contribution in [0.25, 0.3) is 22.0 Å². The fraction of sp³-hybridized carbons (Fsp3) is 0.400. The van der Waals surface area contributed by atoms with Crippen molar-refractivity contribution in [3.63, 3.8) is 0 Å². The average Bonchev–Trinajstić information content (AvgIpc) is 3.73. The zero-order valence-electron chi connectivity index (χ0n) is 33.6. The van der Waals surface area contributed by atoms with E-state index < -0.39 is 41.5 Å². The highest BCUT2D eigenvalue weighted by Gasteiger charge is 2.46. The van der Waals surface area contributed by atoms with Crippen LogP contribution in [0.4, 0.5) is 14.5 Å². The molecule has 2 aliphatic heterocycles. The van der Waals surface area contributed by atoms with Gasteiger partial charge in [0.1, 0.15) is 18.4 Å². The van der Waals surface area contributed by atoms with Gasteiger partial charge in [0.05, 0.1) is 23.2 Å². The lowest BCUT2D eigenvalue weighted by molar-refractivity contribution is -0.136. The van der Waals surface area contributed by atoms with Crippen molar-refractivity contribution in [2.75, 3.05) is 25.0 Å². The highest BCUT2D eigenvalue weighted by molar-refractivity contribution is 6.24. The first kappa shape index (κ1) is 42.8. The largest absolute Gasteiger partial charge is 0.485 e. The van der Waals surface area contributed by atoms with Gasteiger partial charge in [-0.3, -0.25) is 43.8 Å². The molecule has 61 heavy (non-hydrogen) atoms. The van der Waals surface area contributed by atoms with E-state index in [4.69, 9.17) is 10.5 Å². The topological polar surface area (TPSA) is 199 Å². The van der Waals surface area contributed by atoms with E-state index in [0.717, 1.165) is 52.6 Å². The summed E-state index contributed by atoms with van der Waals surface area (Å²) in [7, 11) is 0. The number of alkyl halides is 2. The Morgan fingerprint density at radius 2 is 1.62 bits per heavy atom. The molecule has 1 saturated heterocycles. The number of carbonyl (C=O) groups is 7. The predicted octanol–water partition coefficient (Wildman–Crippen LogP) is 6.08. The summed E-state index contributed by atoms with van der Waals surface area (Å²) in [5.41, 5.74) is 8.99. The van der Waals surface area contributed by atoms with Crippen LogP contribution >= 0.6 is 0 Å². The van der Waals surface area contributed by atoms with Crippen molar-refractivity contribution in [2.45, 2.75) is 95.1 Å². The summed E-state index contributed by atoms with van der Waals surface area (Å²) in [5.74, 6) is -6.10. The number of amides is 6. The molecule has 3 heterocycles. The highest BCUT2D eigenvalue weighted by atomic mass is 19.3. The fourth-order valence-electron chi connectivity index (χ4n) is 8.33. The number of halogens is 2. The molecule has 3 aromatic carbocycles. The molecule has 1 aromatic heterocycles. The van der Waals surface area contributed by atoms with Gasteiger partial charge in [0.25, 0.3) is 11.8 Å². The molecule has 1 aliphatic carbocycles. The number of ether oxygens (including phenoxy) is 1. The van der Waals surface area contributed by atoms with E-state index in [2.05, 4.69) is 16.0 Å². The van der Waals surface area contributed by atoms with E-state index in [-0.39, 0.29) is 73.4 Å². The molecule has 0 spiro atoms. The van der Waals surface area contributed by atoms with E-state index in [1.165, 1.54) is 18.2 Å². The molecule has 6 amide bonds. The number of benzene rings is 3. The highest BCUT2D eigenvalue weighted by Crippen LogP contribution is 2.42. The van der Waals surface area contributed by atoms with Gasteiger partial charge in [-0.05, 0) is 80.6 Å². The molecule has 4 aromatic rings. The number of anilines is 1. The molecule has 16 heteroatoms. The number of nitrogens with zero attached hydrogens (tertiary/aromatic N) is 2. The molecule has 320 valence electrons. The smallest absolute Gasteiger partial charge is 0.266 e. The fourth-order valence-corrected chi connectivity index (χ4v) is 8.33. The summed E-state index contributed by atoms with van der Waals surface area (Å²) >= 11 is 0. The van der Waals surface area contributed by atoms with Crippen LogP contribution in [0, 0.1) is 0 Å². The van der Waals surface area contributed by atoms with Crippen molar-refractivity contribution in [3.8, 4) is 16.9 Å². The minimum absolute atomic E-state index is 0.00440. The van der Waals surface area contributed by atoms with Gasteiger partial charge in [-0.1, -0.05) is 43.5 Å². The summed E-state index contributed by atoms with van der Waals surface area (Å²) in [6, 6.07) is 15.8. The van der Waals surface area contributed by atoms with Crippen molar-refractivity contribution >= 4 is 57.8 Å². The molecule has 5 N–H and O–H groups in total. The number of hydrogen-bond acceptors (Lipinski definition) is 9. The Kier molecular flexibility index (Phi) is 13.0. The second-order valence-corrected chi connectivity index (χ2v) is 15.9. The summed E-state index contributed by atoms with van der Waals surface area (Å²) in [5, 5.41) is 9.12. The van der Waals surface area contributed by atoms with Crippen molar-refractivity contribution in [1.82, 2.24) is 20.1 Å². The number of rotatable bonds is 18. The van der Waals surface area contributed by atoms with E-state index in [0.29, 0.717) is 43.5 Å². The Bertz CT molecular complexity index is 2390. The van der Waals surface area contributed by atoms with Gasteiger partial charge in [0.2, 0.25) is 29.6 Å². The first-order valence-corrected chi connectivity index (χ1v) is 20.7. The number of Topliss-reactive ketones (excluding diaryl/α,β-unsaturated/α-hetero) is 1.